The lowest BCUT2D eigenvalue weighted by Crippen LogP contribution is -2.15. The first-order valence-corrected chi connectivity index (χ1v) is 17.4. The third-order valence-electron chi connectivity index (χ3n) is 10.4. The molecule has 0 radical (unpaired) electrons. The molecule has 0 saturated carbocycles. The molecule has 0 unspecified atom stereocenters. The predicted molar refractivity (Wildman–Crippen MR) is 213 cm³/mol. The molecule has 0 bridgehead atoms. The Morgan fingerprint density at radius 2 is 0.820 bits per heavy atom. The largest absolute Gasteiger partial charge is 0.310 e. The van der Waals surface area contributed by atoms with Crippen LogP contribution in [-0.2, 0) is 5.41 Å². The van der Waals surface area contributed by atoms with Crippen LogP contribution in [0.5, 0.6) is 0 Å². The summed E-state index contributed by atoms with van der Waals surface area (Å²) in [6, 6.07) is 68.4. The fourth-order valence-corrected chi connectivity index (χ4v) is 7.93. The Balaban J connectivity index is 1.15. The van der Waals surface area contributed by atoms with Crippen LogP contribution in [0.2, 0.25) is 0 Å². The second-order valence-electron chi connectivity index (χ2n) is 13.8. The average Bonchev–Trinajstić information content (AvgIpc) is 3.42. The molecule has 1 aliphatic rings. The van der Waals surface area contributed by atoms with Crippen LogP contribution >= 0.6 is 0 Å². The summed E-state index contributed by atoms with van der Waals surface area (Å²) in [4.78, 5) is 2.38. The lowest BCUT2D eigenvalue weighted by Gasteiger charge is -2.27. The summed E-state index contributed by atoms with van der Waals surface area (Å²) in [5.74, 6) is 0. The molecule has 1 heteroatoms. The van der Waals surface area contributed by atoms with Gasteiger partial charge in [0.25, 0.3) is 0 Å². The van der Waals surface area contributed by atoms with E-state index in [1.165, 1.54) is 66.4 Å². The molecule has 0 heterocycles. The molecule has 9 rings (SSSR count). The Morgan fingerprint density at radius 1 is 0.360 bits per heavy atom. The van der Waals surface area contributed by atoms with Crippen molar-refractivity contribution in [3.8, 4) is 44.5 Å². The lowest BCUT2D eigenvalue weighted by molar-refractivity contribution is 0.666. The highest BCUT2D eigenvalue weighted by atomic mass is 15.1. The van der Waals surface area contributed by atoms with Gasteiger partial charge >= 0.3 is 0 Å². The number of hydrogen-bond acceptors (Lipinski definition) is 1. The monoisotopic (exact) mass is 639 g/mol. The minimum Gasteiger partial charge on any atom is -0.310 e. The van der Waals surface area contributed by atoms with Gasteiger partial charge in [-0.1, -0.05) is 159 Å². The highest BCUT2D eigenvalue weighted by Crippen LogP contribution is 2.52. The van der Waals surface area contributed by atoms with Gasteiger partial charge in [-0.15, -0.1) is 0 Å². The van der Waals surface area contributed by atoms with E-state index in [0.717, 1.165) is 17.1 Å². The van der Waals surface area contributed by atoms with E-state index in [2.05, 4.69) is 207 Å². The maximum Gasteiger partial charge on any atom is 0.0468 e. The normalized spacial score (nSPS) is 12.8. The van der Waals surface area contributed by atoms with Crippen molar-refractivity contribution in [3.05, 3.63) is 199 Å². The molecule has 0 aromatic heterocycles. The smallest absolute Gasteiger partial charge is 0.0468 e. The number of rotatable bonds is 6. The van der Waals surface area contributed by atoms with Crippen LogP contribution in [0, 0.1) is 0 Å². The highest BCUT2D eigenvalue weighted by molar-refractivity contribution is 6.00. The maximum atomic E-state index is 2.39. The third kappa shape index (κ3) is 5.11. The first kappa shape index (κ1) is 29.9. The molecule has 0 N–H and O–H groups in total. The van der Waals surface area contributed by atoms with Crippen molar-refractivity contribution in [1.82, 2.24) is 0 Å². The molecule has 238 valence electrons. The predicted octanol–water partition coefficient (Wildman–Crippen LogP) is 13.6. The number of hydrogen-bond donors (Lipinski definition) is 0. The number of anilines is 3. The second-order valence-corrected chi connectivity index (χ2v) is 13.8. The minimum atomic E-state index is -0.110. The molecule has 8 aromatic carbocycles. The molecule has 0 saturated heterocycles. The van der Waals surface area contributed by atoms with Gasteiger partial charge in [0, 0.05) is 22.5 Å². The lowest BCUT2D eigenvalue weighted by atomic mass is 9.80. The topological polar surface area (TPSA) is 3.24 Å². The SMILES string of the molecule is CC1(C)c2ccc(-c3ccccc3)cc2-c2ccc3cc(N(c4ccc(-c5ccccc5)cc4)c4ccc(-c5ccccc5)cc4)ccc3c21. The van der Waals surface area contributed by atoms with Crippen LogP contribution < -0.4 is 4.90 Å². The summed E-state index contributed by atoms with van der Waals surface area (Å²) in [5.41, 5.74) is 16.1. The quantitative estimate of drug-likeness (QED) is 0.175. The standard InChI is InChI=1S/C49H37N/c1-49(2)47-31-23-39(36-16-10-5-11-17-36)33-46(47)45-29-22-40-32-43(28-30-44(40)48(45)49)50(41-24-18-37(19-25-41)34-12-6-3-7-13-34)42-26-20-38(21-27-42)35-14-8-4-9-15-35/h3-33H,1-2H3. The van der Waals surface area contributed by atoms with Crippen LogP contribution in [0.1, 0.15) is 25.0 Å². The molecular formula is C49H37N. The van der Waals surface area contributed by atoms with Crippen molar-refractivity contribution < 1.29 is 0 Å². The van der Waals surface area contributed by atoms with E-state index in [-0.39, 0.29) is 5.41 Å². The molecule has 0 spiro atoms. The summed E-state index contributed by atoms with van der Waals surface area (Å²) in [5, 5.41) is 2.56. The zero-order valence-electron chi connectivity index (χ0n) is 28.3. The van der Waals surface area contributed by atoms with E-state index in [1.54, 1.807) is 0 Å². The molecule has 0 amide bonds. The fourth-order valence-electron chi connectivity index (χ4n) is 7.93. The van der Waals surface area contributed by atoms with E-state index in [9.17, 15) is 0 Å². The van der Waals surface area contributed by atoms with Gasteiger partial charge in [0.15, 0.2) is 0 Å². The Kier molecular flexibility index (Phi) is 7.21. The van der Waals surface area contributed by atoms with E-state index in [1.807, 2.05) is 0 Å². The zero-order chi connectivity index (χ0) is 33.7. The summed E-state index contributed by atoms with van der Waals surface area (Å²) in [6.07, 6.45) is 0. The van der Waals surface area contributed by atoms with E-state index >= 15 is 0 Å². The second kappa shape index (κ2) is 12.1. The molecule has 0 aliphatic heterocycles. The van der Waals surface area contributed by atoms with Gasteiger partial charge in [0.2, 0.25) is 0 Å². The molecule has 0 atom stereocenters. The van der Waals surface area contributed by atoms with Crippen LogP contribution in [0.15, 0.2) is 188 Å². The minimum absolute atomic E-state index is 0.110. The van der Waals surface area contributed by atoms with Gasteiger partial charge in [0.1, 0.15) is 0 Å². The molecule has 1 nitrogen and oxygen atoms in total. The Bertz CT molecular complexity index is 2380. The first-order valence-electron chi connectivity index (χ1n) is 17.4. The van der Waals surface area contributed by atoms with E-state index < -0.39 is 0 Å². The Morgan fingerprint density at radius 3 is 1.36 bits per heavy atom. The van der Waals surface area contributed by atoms with Crippen molar-refractivity contribution in [2.45, 2.75) is 19.3 Å². The molecule has 1 aliphatic carbocycles. The highest BCUT2D eigenvalue weighted by Gasteiger charge is 2.37. The van der Waals surface area contributed by atoms with Crippen molar-refractivity contribution in [1.29, 1.82) is 0 Å². The molecule has 0 fully saturated rings. The molecule has 50 heavy (non-hydrogen) atoms. The first-order chi connectivity index (χ1) is 24.5. The molecular weight excluding hydrogens is 603 g/mol. The van der Waals surface area contributed by atoms with Crippen LogP contribution in [-0.4, -0.2) is 0 Å². The summed E-state index contributed by atoms with van der Waals surface area (Å²) < 4.78 is 0. The number of fused-ring (bicyclic) bond motifs is 5. The zero-order valence-corrected chi connectivity index (χ0v) is 28.3. The fraction of sp³-hybridized carbons (Fsp3) is 0.0612. The number of benzene rings is 8. The van der Waals surface area contributed by atoms with Crippen molar-refractivity contribution in [2.75, 3.05) is 4.90 Å². The number of nitrogens with zero attached hydrogens (tertiary/aromatic N) is 1. The van der Waals surface area contributed by atoms with Crippen LogP contribution in [0.25, 0.3) is 55.3 Å². The third-order valence-corrected chi connectivity index (χ3v) is 10.4. The summed E-state index contributed by atoms with van der Waals surface area (Å²) in [7, 11) is 0. The van der Waals surface area contributed by atoms with Gasteiger partial charge in [-0.2, -0.15) is 0 Å². The van der Waals surface area contributed by atoms with Crippen molar-refractivity contribution in [3.63, 3.8) is 0 Å². The maximum absolute atomic E-state index is 2.39. The average molecular weight is 640 g/mol. The van der Waals surface area contributed by atoms with E-state index in [0.29, 0.717) is 0 Å². The van der Waals surface area contributed by atoms with Crippen LogP contribution in [0.4, 0.5) is 17.1 Å². The van der Waals surface area contributed by atoms with Gasteiger partial charge in [-0.05, 0) is 109 Å². The van der Waals surface area contributed by atoms with Crippen molar-refractivity contribution in [2.24, 2.45) is 0 Å². The van der Waals surface area contributed by atoms with E-state index in [4.69, 9.17) is 0 Å². The van der Waals surface area contributed by atoms with Crippen molar-refractivity contribution >= 4 is 27.8 Å². The Labute approximate surface area is 294 Å². The van der Waals surface area contributed by atoms with Crippen LogP contribution in [0.3, 0.4) is 0 Å². The van der Waals surface area contributed by atoms with Gasteiger partial charge in [0.05, 0.1) is 0 Å². The molecule has 8 aromatic rings. The van der Waals surface area contributed by atoms with Gasteiger partial charge < -0.3 is 4.90 Å². The summed E-state index contributed by atoms with van der Waals surface area (Å²) in [6.45, 7) is 4.75. The summed E-state index contributed by atoms with van der Waals surface area (Å²) >= 11 is 0. The van der Waals surface area contributed by atoms with Gasteiger partial charge in [-0.25, -0.2) is 0 Å². The Hall–Kier alpha value is -6.18. The van der Waals surface area contributed by atoms with Gasteiger partial charge in [-0.3, -0.25) is 0 Å².